The first-order valence-electron chi connectivity index (χ1n) is 8.59. The number of carbonyl (C=O) groups is 5. The number of nitrogens with one attached hydrogen (secondary N) is 2. The number of nitrogens with two attached hydrogens (primary N) is 1. The fourth-order valence-electron chi connectivity index (χ4n) is 2.50. The van der Waals surface area contributed by atoms with Crippen LogP contribution in [0.3, 0.4) is 0 Å². The summed E-state index contributed by atoms with van der Waals surface area (Å²) in [6.07, 6.45) is 2.32. The third-order valence-corrected chi connectivity index (χ3v) is 5.40. The van der Waals surface area contributed by atoms with Crippen molar-refractivity contribution < 1.29 is 34.2 Å². The van der Waals surface area contributed by atoms with E-state index >= 15 is 0 Å². The molecule has 1 saturated carbocycles. The van der Waals surface area contributed by atoms with Crippen LogP contribution in [0.5, 0.6) is 0 Å². The molecular weight excluding hydrogens is 378 g/mol. The Bertz CT molecular complexity index is 584. The minimum absolute atomic E-state index is 0.0540. The largest absolute Gasteiger partial charge is 0.480 e. The van der Waals surface area contributed by atoms with E-state index in [9.17, 15) is 24.0 Å². The maximum Gasteiger partial charge on any atom is 0.322 e. The Hall–Kier alpha value is -2.14. The minimum Gasteiger partial charge on any atom is -0.480 e. The maximum atomic E-state index is 12.2. The van der Waals surface area contributed by atoms with E-state index < -0.39 is 42.4 Å². The van der Waals surface area contributed by atoms with Crippen molar-refractivity contribution in [3.05, 3.63) is 0 Å². The van der Waals surface area contributed by atoms with Crippen molar-refractivity contribution in [3.8, 4) is 0 Å². The Morgan fingerprint density at radius 2 is 1.96 bits per heavy atom. The third kappa shape index (κ3) is 9.38. The molecule has 11 heteroatoms. The average molecular weight is 403 g/mol. The zero-order chi connectivity index (χ0) is 20.4. The molecular formula is C16H25N3O7S. The highest BCUT2D eigenvalue weighted by molar-refractivity contribution is 8.00. The van der Waals surface area contributed by atoms with Gasteiger partial charge >= 0.3 is 11.9 Å². The van der Waals surface area contributed by atoms with Gasteiger partial charge in [0.2, 0.25) is 11.8 Å². The van der Waals surface area contributed by atoms with Crippen LogP contribution in [0, 0.1) is 0 Å². The number of carboxylic acids is 2. The normalized spacial score (nSPS) is 19.0. The molecule has 1 unspecified atom stereocenters. The number of carboxylic acid groups (broad SMARTS) is 2. The van der Waals surface area contributed by atoms with Gasteiger partial charge in [0.15, 0.2) is 0 Å². The quantitative estimate of drug-likeness (QED) is 0.293. The summed E-state index contributed by atoms with van der Waals surface area (Å²) in [5.74, 6) is -3.30. The molecule has 0 spiro atoms. The average Bonchev–Trinajstić information content (AvgIpc) is 2.60. The van der Waals surface area contributed by atoms with E-state index in [1.165, 1.54) is 11.8 Å². The lowest BCUT2D eigenvalue weighted by atomic mass is 9.99. The van der Waals surface area contributed by atoms with Crippen LogP contribution in [0.15, 0.2) is 0 Å². The predicted octanol–water partition coefficient (Wildman–Crippen LogP) is -0.891. The third-order valence-electron chi connectivity index (χ3n) is 4.00. The van der Waals surface area contributed by atoms with Crippen molar-refractivity contribution in [1.82, 2.24) is 10.6 Å². The van der Waals surface area contributed by atoms with E-state index in [4.69, 9.17) is 15.9 Å². The summed E-state index contributed by atoms with van der Waals surface area (Å²) in [6, 6.07) is -2.17. The first-order chi connectivity index (χ1) is 12.7. The van der Waals surface area contributed by atoms with Gasteiger partial charge in [-0.25, -0.2) is 0 Å². The second-order valence-corrected chi connectivity index (χ2v) is 7.64. The van der Waals surface area contributed by atoms with Gasteiger partial charge < -0.3 is 26.6 Å². The van der Waals surface area contributed by atoms with Crippen molar-refractivity contribution in [2.45, 2.75) is 55.9 Å². The first-order valence-corrected chi connectivity index (χ1v) is 9.64. The predicted molar refractivity (Wildman–Crippen MR) is 97.1 cm³/mol. The van der Waals surface area contributed by atoms with Gasteiger partial charge in [0.05, 0.1) is 0 Å². The van der Waals surface area contributed by atoms with Crippen molar-refractivity contribution in [2.75, 3.05) is 12.3 Å². The van der Waals surface area contributed by atoms with Gasteiger partial charge in [-0.3, -0.25) is 24.0 Å². The summed E-state index contributed by atoms with van der Waals surface area (Å²) < 4.78 is 0. The van der Waals surface area contributed by atoms with Gasteiger partial charge in [0.1, 0.15) is 24.4 Å². The molecule has 152 valence electrons. The maximum absolute atomic E-state index is 12.2. The number of Topliss-reactive ketones (excluding diaryl/α,β-unsaturated/α-hetero) is 1. The molecule has 10 nitrogen and oxygen atoms in total. The fraction of sp³-hybridized carbons (Fsp3) is 0.688. The van der Waals surface area contributed by atoms with Crippen LogP contribution in [0.25, 0.3) is 0 Å². The van der Waals surface area contributed by atoms with Gasteiger partial charge in [0, 0.05) is 30.3 Å². The topological polar surface area (TPSA) is 176 Å². The zero-order valence-electron chi connectivity index (χ0n) is 14.8. The molecule has 1 rings (SSSR count). The van der Waals surface area contributed by atoms with Crippen molar-refractivity contribution in [1.29, 1.82) is 0 Å². The van der Waals surface area contributed by atoms with E-state index in [1.54, 1.807) is 0 Å². The van der Waals surface area contributed by atoms with Crippen molar-refractivity contribution >= 4 is 41.3 Å². The molecule has 2 amide bonds. The van der Waals surface area contributed by atoms with Crippen LogP contribution in [0.1, 0.15) is 38.5 Å². The highest BCUT2D eigenvalue weighted by Crippen LogP contribution is 2.26. The first kappa shape index (κ1) is 22.9. The van der Waals surface area contributed by atoms with E-state index in [1.807, 2.05) is 0 Å². The van der Waals surface area contributed by atoms with E-state index in [-0.39, 0.29) is 29.6 Å². The Kier molecular flexibility index (Phi) is 9.79. The van der Waals surface area contributed by atoms with Crippen molar-refractivity contribution in [2.24, 2.45) is 5.73 Å². The number of carbonyl (C=O) groups excluding carboxylic acids is 3. The molecule has 0 saturated heterocycles. The zero-order valence-corrected chi connectivity index (χ0v) is 15.6. The number of amides is 2. The van der Waals surface area contributed by atoms with Gasteiger partial charge in [0.25, 0.3) is 0 Å². The molecule has 3 atom stereocenters. The summed E-state index contributed by atoms with van der Waals surface area (Å²) in [7, 11) is 0. The molecule has 27 heavy (non-hydrogen) atoms. The number of aliphatic carboxylic acids is 2. The Labute approximate surface area is 160 Å². The van der Waals surface area contributed by atoms with Gasteiger partial charge in [-0.2, -0.15) is 11.8 Å². The highest BCUT2D eigenvalue weighted by atomic mass is 32.2. The SMILES string of the molecule is N[C@@H](CCC(=O)N[C@@H](CSC1CCCC(=O)C1)C(=O)NCC(=O)O)C(=O)O. The van der Waals surface area contributed by atoms with Gasteiger partial charge in [-0.15, -0.1) is 0 Å². The molecule has 1 fully saturated rings. The fourth-order valence-corrected chi connectivity index (χ4v) is 3.84. The van der Waals surface area contributed by atoms with E-state index in [2.05, 4.69) is 10.6 Å². The van der Waals surface area contributed by atoms with E-state index in [0.717, 1.165) is 12.8 Å². The summed E-state index contributed by atoms with van der Waals surface area (Å²) in [4.78, 5) is 57.0. The van der Waals surface area contributed by atoms with Crippen molar-refractivity contribution in [3.63, 3.8) is 0 Å². The smallest absolute Gasteiger partial charge is 0.322 e. The lowest BCUT2D eigenvalue weighted by Gasteiger charge is -2.23. The lowest BCUT2D eigenvalue weighted by Crippen LogP contribution is -2.49. The molecule has 0 aromatic carbocycles. The second kappa shape index (κ2) is 11.5. The summed E-state index contributed by atoms with van der Waals surface area (Å²) >= 11 is 1.38. The van der Waals surface area contributed by atoms with Gasteiger partial charge in [-0.1, -0.05) is 0 Å². The monoisotopic (exact) mass is 403 g/mol. The molecule has 1 aliphatic rings. The summed E-state index contributed by atoms with van der Waals surface area (Å²) in [5, 5.41) is 22.2. The standard InChI is InChI=1S/C16H25N3O7S/c17-11(16(25)26)4-5-13(21)19-12(15(24)18-7-14(22)23)8-27-10-3-1-2-9(20)6-10/h10-12H,1-8,17H2,(H,18,24)(H,19,21)(H,22,23)(H,25,26)/t10?,11-,12-/m0/s1. The van der Waals surface area contributed by atoms with Crippen LogP contribution < -0.4 is 16.4 Å². The number of hydrogen-bond acceptors (Lipinski definition) is 7. The number of rotatable bonds is 11. The van der Waals surface area contributed by atoms with E-state index in [0.29, 0.717) is 12.8 Å². The van der Waals surface area contributed by atoms with Crippen LogP contribution >= 0.6 is 11.8 Å². The lowest BCUT2D eigenvalue weighted by molar-refractivity contribution is -0.139. The molecule has 0 aromatic heterocycles. The van der Waals surface area contributed by atoms with Crippen LogP contribution in [-0.2, 0) is 24.0 Å². The Morgan fingerprint density at radius 1 is 1.26 bits per heavy atom. The minimum atomic E-state index is -1.23. The van der Waals surface area contributed by atoms with Crippen LogP contribution in [0.4, 0.5) is 0 Å². The summed E-state index contributed by atoms with van der Waals surface area (Å²) in [6.45, 7) is -0.582. The number of hydrogen-bond donors (Lipinski definition) is 5. The molecule has 0 aliphatic heterocycles. The molecule has 6 N–H and O–H groups in total. The molecule has 0 bridgehead atoms. The second-order valence-electron chi connectivity index (χ2n) is 6.31. The van der Waals surface area contributed by atoms with Gasteiger partial charge in [-0.05, 0) is 19.3 Å². The molecule has 0 radical (unpaired) electrons. The Morgan fingerprint density at radius 3 is 2.56 bits per heavy atom. The molecule has 1 aliphatic carbocycles. The van der Waals surface area contributed by atoms with Crippen LogP contribution in [-0.4, -0.2) is 69.4 Å². The highest BCUT2D eigenvalue weighted by Gasteiger charge is 2.26. The summed E-state index contributed by atoms with van der Waals surface area (Å²) in [5.41, 5.74) is 5.35. The molecule has 0 heterocycles. The number of ketones is 1. The Balaban J connectivity index is 2.59. The molecule has 0 aromatic rings. The number of thioether (sulfide) groups is 1. The van der Waals surface area contributed by atoms with Crippen LogP contribution in [0.2, 0.25) is 0 Å².